The SMILES string of the molecule is NCc1ccc(Oc2ncc(Cl)cc2F)cc1Cl. The van der Waals surface area contributed by atoms with Gasteiger partial charge in [0.15, 0.2) is 5.82 Å². The minimum Gasteiger partial charge on any atom is -0.436 e. The largest absolute Gasteiger partial charge is 0.436 e. The Morgan fingerprint density at radius 1 is 1.28 bits per heavy atom. The lowest BCUT2D eigenvalue weighted by molar-refractivity contribution is 0.422. The maximum absolute atomic E-state index is 13.5. The molecule has 2 aromatic rings. The highest BCUT2D eigenvalue weighted by molar-refractivity contribution is 6.31. The molecule has 0 amide bonds. The van der Waals surface area contributed by atoms with Crippen molar-refractivity contribution in [1.29, 1.82) is 0 Å². The molecular formula is C12H9Cl2FN2O. The summed E-state index contributed by atoms with van der Waals surface area (Å²) in [7, 11) is 0. The maximum atomic E-state index is 13.5. The van der Waals surface area contributed by atoms with Crippen molar-refractivity contribution in [2.75, 3.05) is 0 Å². The highest BCUT2D eigenvalue weighted by atomic mass is 35.5. The molecule has 0 unspecified atom stereocenters. The Balaban J connectivity index is 2.26. The van der Waals surface area contributed by atoms with Gasteiger partial charge in [0.2, 0.25) is 0 Å². The monoisotopic (exact) mass is 286 g/mol. The number of benzene rings is 1. The summed E-state index contributed by atoms with van der Waals surface area (Å²) in [6.07, 6.45) is 1.30. The Hall–Kier alpha value is -1.36. The van der Waals surface area contributed by atoms with Gasteiger partial charge in [-0.05, 0) is 23.8 Å². The molecule has 0 spiro atoms. The van der Waals surface area contributed by atoms with Crippen LogP contribution in [0.4, 0.5) is 4.39 Å². The van der Waals surface area contributed by atoms with E-state index in [0.29, 0.717) is 17.3 Å². The smallest absolute Gasteiger partial charge is 0.255 e. The molecule has 0 aliphatic rings. The number of halogens is 3. The molecule has 0 bridgehead atoms. The van der Waals surface area contributed by atoms with E-state index in [1.165, 1.54) is 6.20 Å². The van der Waals surface area contributed by atoms with Crippen LogP contribution in [0.25, 0.3) is 0 Å². The van der Waals surface area contributed by atoms with E-state index in [0.717, 1.165) is 11.6 Å². The first kappa shape index (κ1) is 13.1. The van der Waals surface area contributed by atoms with E-state index >= 15 is 0 Å². The first-order valence-corrected chi connectivity index (χ1v) is 5.83. The second kappa shape index (κ2) is 5.52. The molecule has 94 valence electrons. The van der Waals surface area contributed by atoms with Crippen molar-refractivity contribution in [2.24, 2.45) is 5.73 Å². The van der Waals surface area contributed by atoms with E-state index in [2.05, 4.69) is 4.98 Å². The standard InChI is InChI=1S/C12H9Cl2FN2O/c13-8-3-11(15)12(17-6-8)18-9-2-1-7(5-16)10(14)4-9/h1-4,6H,5,16H2. The maximum Gasteiger partial charge on any atom is 0.255 e. The van der Waals surface area contributed by atoms with Gasteiger partial charge in [-0.3, -0.25) is 0 Å². The summed E-state index contributed by atoms with van der Waals surface area (Å²) in [6, 6.07) is 6.04. The Labute approximate surface area is 113 Å². The first-order chi connectivity index (χ1) is 8.60. The fourth-order valence-electron chi connectivity index (χ4n) is 1.35. The second-order valence-electron chi connectivity index (χ2n) is 3.50. The molecule has 0 radical (unpaired) electrons. The molecule has 0 aliphatic heterocycles. The number of hydrogen-bond acceptors (Lipinski definition) is 3. The van der Waals surface area contributed by atoms with E-state index in [1.54, 1.807) is 18.2 Å². The molecule has 0 fully saturated rings. The van der Waals surface area contributed by atoms with Crippen molar-refractivity contribution < 1.29 is 9.13 Å². The van der Waals surface area contributed by atoms with Crippen LogP contribution in [-0.2, 0) is 6.54 Å². The third kappa shape index (κ3) is 2.90. The summed E-state index contributed by atoms with van der Waals surface area (Å²) in [5, 5.41) is 0.667. The third-order valence-electron chi connectivity index (χ3n) is 2.23. The van der Waals surface area contributed by atoms with Crippen molar-refractivity contribution in [3.63, 3.8) is 0 Å². The van der Waals surface area contributed by atoms with Gasteiger partial charge in [-0.2, -0.15) is 0 Å². The van der Waals surface area contributed by atoms with Crippen LogP contribution in [0.15, 0.2) is 30.5 Å². The summed E-state index contributed by atoms with van der Waals surface area (Å²) in [6.45, 7) is 0.326. The molecule has 0 saturated heterocycles. The average Bonchev–Trinajstić information content (AvgIpc) is 2.33. The van der Waals surface area contributed by atoms with Crippen LogP contribution in [0.5, 0.6) is 11.6 Å². The van der Waals surface area contributed by atoms with Crippen LogP contribution in [-0.4, -0.2) is 4.98 Å². The average molecular weight is 287 g/mol. The van der Waals surface area contributed by atoms with Crippen LogP contribution in [0.1, 0.15) is 5.56 Å². The minimum absolute atomic E-state index is 0.157. The van der Waals surface area contributed by atoms with Gasteiger partial charge < -0.3 is 10.5 Å². The van der Waals surface area contributed by atoms with Gasteiger partial charge in [0.05, 0.1) is 5.02 Å². The lowest BCUT2D eigenvalue weighted by atomic mass is 10.2. The minimum atomic E-state index is -0.637. The van der Waals surface area contributed by atoms with Crippen LogP contribution in [0.2, 0.25) is 10.0 Å². The summed E-state index contributed by atoms with van der Waals surface area (Å²) < 4.78 is 18.7. The Morgan fingerprint density at radius 2 is 2.06 bits per heavy atom. The number of rotatable bonds is 3. The molecule has 18 heavy (non-hydrogen) atoms. The number of hydrogen-bond donors (Lipinski definition) is 1. The highest BCUT2D eigenvalue weighted by Gasteiger charge is 2.08. The van der Waals surface area contributed by atoms with Gasteiger partial charge in [-0.25, -0.2) is 9.37 Å². The Morgan fingerprint density at radius 3 is 2.67 bits per heavy atom. The molecule has 0 atom stereocenters. The number of ether oxygens (including phenoxy) is 1. The zero-order chi connectivity index (χ0) is 13.1. The molecule has 0 aliphatic carbocycles. The van der Waals surface area contributed by atoms with Crippen molar-refractivity contribution >= 4 is 23.2 Å². The van der Waals surface area contributed by atoms with Crippen LogP contribution < -0.4 is 10.5 Å². The quantitative estimate of drug-likeness (QED) is 0.934. The predicted octanol–water partition coefficient (Wildman–Crippen LogP) is 3.78. The lowest BCUT2D eigenvalue weighted by Crippen LogP contribution is -1.97. The van der Waals surface area contributed by atoms with E-state index in [9.17, 15) is 4.39 Å². The number of nitrogens with zero attached hydrogens (tertiary/aromatic N) is 1. The van der Waals surface area contributed by atoms with Gasteiger partial charge in [0.1, 0.15) is 5.75 Å². The van der Waals surface area contributed by atoms with Crippen LogP contribution in [0.3, 0.4) is 0 Å². The molecule has 0 saturated carbocycles. The van der Waals surface area contributed by atoms with Crippen molar-refractivity contribution in [3.8, 4) is 11.6 Å². The van der Waals surface area contributed by atoms with Gasteiger partial charge >= 0.3 is 0 Å². The molecule has 1 aromatic heterocycles. The van der Waals surface area contributed by atoms with Crippen molar-refractivity contribution in [1.82, 2.24) is 4.98 Å². The Kier molecular flexibility index (Phi) is 4.01. The van der Waals surface area contributed by atoms with Gasteiger partial charge in [-0.1, -0.05) is 29.3 Å². The molecular weight excluding hydrogens is 278 g/mol. The fourth-order valence-corrected chi connectivity index (χ4v) is 1.74. The lowest BCUT2D eigenvalue weighted by Gasteiger charge is -2.07. The Bertz CT molecular complexity index is 578. The molecule has 1 aromatic carbocycles. The highest BCUT2D eigenvalue weighted by Crippen LogP contribution is 2.27. The van der Waals surface area contributed by atoms with E-state index in [4.69, 9.17) is 33.7 Å². The van der Waals surface area contributed by atoms with Crippen molar-refractivity contribution in [2.45, 2.75) is 6.54 Å². The zero-order valence-corrected chi connectivity index (χ0v) is 10.7. The summed E-state index contributed by atoms with van der Waals surface area (Å²) in [5.74, 6) is -0.414. The molecule has 3 nitrogen and oxygen atoms in total. The van der Waals surface area contributed by atoms with Gasteiger partial charge in [-0.15, -0.1) is 0 Å². The van der Waals surface area contributed by atoms with Crippen molar-refractivity contribution in [3.05, 3.63) is 51.9 Å². The number of aromatic nitrogens is 1. The van der Waals surface area contributed by atoms with E-state index < -0.39 is 5.82 Å². The van der Waals surface area contributed by atoms with Gasteiger partial charge in [0, 0.05) is 17.8 Å². The summed E-state index contributed by atoms with van der Waals surface area (Å²) in [4.78, 5) is 3.75. The molecule has 1 heterocycles. The predicted molar refractivity (Wildman–Crippen MR) is 68.6 cm³/mol. The topological polar surface area (TPSA) is 48.1 Å². The zero-order valence-electron chi connectivity index (χ0n) is 9.16. The van der Waals surface area contributed by atoms with Gasteiger partial charge in [0.25, 0.3) is 5.88 Å². The molecule has 6 heteroatoms. The summed E-state index contributed by atoms with van der Waals surface area (Å²) in [5.41, 5.74) is 6.27. The van der Waals surface area contributed by atoms with Crippen LogP contribution in [0, 0.1) is 5.82 Å². The fraction of sp³-hybridized carbons (Fsp3) is 0.0833. The first-order valence-electron chi connectivity index (χ1n) is 5.07. The molecule has 2 rings (SSSR count). The summed E-state index contributed by atoms with van der Waals surface area (Å²) >= 11 is 11.6. The van der Waals surface area contributed by atoms with Crippen LogP contribution >= 0.6 is 23.2 Å². The number of nitrogens with two attached hydrogens (primary N) is 1. The third-order valence-corrected chi connectivity index (χ3v) is 2.79. The molecule has 2 N–H and O–H groups in total. The van der Waals surface area contributed by atoms with E-state index in [-0.39, 0.29) is 10.9 Å². The van der Waals surface area contributed by atoms with E-state index in [1.807, 2.05) is 0 Å². The number of pyridine rings is 1. The second-order valence-corrected chi connectivity index (χ2v) is 4.34. The normalized spacial score (nSPS) is 10.4.